The van der Waals surface area contributed by atoms with Gasteiger partial charge in [-0.15, -0.1) is 0 Å². The van der Waals surface area contributed by atoms with E-state index in [1.54, 1.807) is 0 Å². The average molecular weight is 306 g/mol. The van der Waals surface area contributed by atoms with Crippen LogP contribution in [0.3, 0.4) is 0 Å². The molecule has 0 aliphatic rings. The van der Waals surface area contributed by atoms with Crippen molar-refractivity contribution in [2.45, 2.75) is 18.3 Å². The van der Waals surface area contributed by atoms with Gasteiger partial charge in [0.25, 0.3) is 0 Å². The number of halogens is 3. The molecule has 2 atom stereocenters. The van der Waals surface area contributed by atoms with Gasteiger partial charge in [-0.1, -0.05) is 6.07 Å². The van der Waals surface area contributed by atoms with Gasteiger partial charge in [-0.2, -0.15) is 5.26 Å². The molecule has 3 nitrogen and oxygen atoms in total. The zero-order chi connectivity index (χ0) is 16.1. The van der Waals surface area contributed by atoms with Crippen LogP contribution in [0.5, 0.6) is 0 Å². The van der Waals surface area contributed by atoms with Crippen molar-refractivity contribution >= 4 is 0 Å². The fourth-order valence-corrected chi connectivity index (χ4v) is 2.40. The van der Waals surface area contributed by atoms with Crippen molar-refractivity contribution in [1.82, 2.24) is 4.98 Å². The van der Waals surface area contributed by atoms with Crippen LogP contribution in [0.25, 0.3) is 0 Å². The summed E-state index contributed by atoms with van der Waals surface area (Å²) in [5.74, 6) is -4.07. The molecule has 0 saturated carbocycles. The lowest BCUT2D eigenvalue weighted by Crippen LogP contribution is -2.13. The first-order valence-electron chi connectivity index (χ1n) is 6.62. The van der Waals surface area contributed by atoms with E-state index < -0.39 is 29.3 Å². The summed E-state index contributed by atoms with van der Waals surface area (Å²) in [5, 5.41) is 18.6. The van der Waals surface area contributed by atoms with Crippen molar-refractivity contribution in [2.24, 2.45) is 0 Å². The van der Waals surface area contributed by atoms with Crippen molar-refractivity contribution in [3.63, 3.8) is 0 Å². The van der Waals surface area contributed by atoms with Gasteiger partial charge in [0, 0.05) is 18.7 Å². The highest BCUT2D eigenvalue weighted by molar-refractivity contribution is 5.33. The Balaban J connectivity index is 2.44. The molecular weight excluding hydrogens is 293 g/mol. The van der Waals surface area contributed by atoms with Crippen LogP contribution in [0.4, 0.5) is 13.2 Å². The summed E-state index contributed by atoms with van der Waals surface area (Å²) in [4.78, 5) is 3.73. The number of benzene rings is 1. The minimum absolute atomic E-state index is 0.169. The highest BCUT2D eigenvalue weighted by Gasteiger charge is 2.26. The van der Waals surface area contributed by atoms with Crippen LogP contribution in [0.15, 0.2) is 36.7 Å². The second-order valence-corrected chi connectivity index (χ2v) is 4.84. The molecule has 1 aromatic carbocycles. The molecule has 0 amide bonds. The molecular formula is C16H13F3N2O. The number of aromatic nitrogens is 1. The zero-order valence-corrected chi connectivity index (χ0v) is 11.5. The SMILES string of the molecule is N#CC(c1ccc(F)c(F)c1)C(CCO)c1cncc(F)c1. The number of nitrogens with zero attached hydrogens (tertiary/aromatic N) is 2. The molecule has 114 valence electrons. The van der Waals surface area contributed by atoms with Gasteiger partial charge in [-0.05, 0) is 35.7 Å². The molecule has 1 heterocycles. The first-order valence-corrected chi connectivity index (χ1v) is 6.62. The number of rotatable bonds is 5. The molecule has 0 bridgehead atoms. The number of aliphatic hydroxyl groups excluding tert-OH is 1. The molecule has 0 spiro atoms. The molecule has 22 heavy (non-hydrogen) atoms. The molecule has 0 radical (unpaired) electrons. The molecule has 6 heteroatoms. The van der Waals surface area contributed by atoms with E-state index in [9.17, 15) is 23.5 Å². The summed E-state index contributed by atoms with van der Waals surface area (Å²) in [6.07, 6.45) is 2.59. The van der Waals surface area contributed by atoms with Crippen LogP contribution >= 0.6 is 0 Å². The summed E-state index contributed by atoms with van der Waals surface area (Å²) in [7, 11) is 0. The molecule has 1 aromatic heterocycles. The van der Waals surface area contributed by atoms with E-state index in [0.717, 1.165) is 18.3 Å². The van der Waals surface area contributed by atoms with Crippen LogP contribution in [0.2, 0.25) is 0 Å². The molecule has 2 aromatic rings. The largest absolute Gasteiger partial charge is 0.396 e. The Morgan fingerprint density at radius 3 is 2.45 bits per heavy atom. The summed E-state index contributed by atoms with van der Waals surface area (Å²) < 4.78 is 39.8. The zero-order valence-electron chi connectivity index (χ0n) is 11.5. The van der Waals surface area contributed by atoms with Gasteiger partial charge in [0.05, 0.1) is 18.2 Å². The molecule has 1 N–H and O–H groups in total. The quantitative estimate of drug-likeness (QED) is 0.922. The Hall–Kier alpha value is -2.39. The fourth-order valence-electron chi connectivity index (χ4n) is 2.40. The third-order valence-electron chi connectivity index (χ3n) is 3.44. The second kappa shape index (κ2) is 7.05. The van der Waals surface area contributed by atoms with Crippen LogP contribution < -0.4 is 0 Å². The second-order valence-electron chi connectivity index (χ2n) is 4.84. The first-order chi connectivity index (χ1) is 10.6. The minimum atomic E-state index is -1.06. The Morgan fingerprint density at radius 2 is 1.86 bits per heavy atom. The smallest absolute Gasteiger partial charge is 0.159 e. The van der Waals surface area contributed by atoms with E-state index >= 15 is 0 Å². The molecule has 0 saturated heterocycles. The van der Waals surface area contributed by atoms with Crippen molar-refractivity contribution in [1.29, 1.82) is 5.26 Å². The summed E-state index contributed by atoms with van der Waals surface area (Å²) in [6.45, 7) is -0.233. The fraction of sp³-hybridized carbons (Fsp3) is 0.250. The van der Waals surface area contributed by atoms with Crippen molar-refractivity contribution < 1.29 is 18.3 Å². The normalized spacial score (nSPS) is 13.4. The molecule has 2 rings (SSSR count). The van der Waals surface area contributed by atoms with E-state index in [1.807, 2.05) is 6.07 Å². The molecule has 0 fully saturated rings. The van der Waals surface area contributed by atoms with E-state index in [2.05, 4.69) is 4.98 Å². The van der Waals surface area contributed by atoms with Crippen LogP contribution in [-0.4, -0.2) is 16.7 Å². The topological polar surface area (TPSA) is 56.9 Å². The Kier molecular flexibility index (Phi) is 5.12. The van der Waals surface area contributed by atoms with Gasteiger partial charge in [0.1, 0.15) is 5.82 Å². The Labute approximate surface area is 125 Å². The van der Waals surface area contributed by atoms with Gasteiger partial charge in [0.2, 0.25) is 0 Å². The minimum Gasteiger partial charge on any atom is -0.396 e. The Morgan fingerprint density at radius 1 is 1.09 bits per heavy atom. The van der Waals surface area contributed by atoms with E-state index in [0.29, 0.717) is 5.56 Å². The highest BCUT2D eigenvalue weighted by atomic mass is 19.2. The van der Waals surface area contributed by atoms with Gasteiger partial charge >= 0.3 is 0 Å². The van der Waals surface area contributed by atoms with E-state index in [4.69, 9.17) is 0 Å². The van der Waals surface area contributed by atoms with Crippen LogP contribution in [0.1, 0.15) is 29.4 Å². The van der Waals surface area contributed by atoms with Gasteiger partial charge in [0.15, 0.2) is 11.6 Å². The standard InChI is InChI=1S/C16H13F3N2O/c17-12-5-11(8-21-9-12)13(3-4-22)14(7-20)10-1-2-15(18)16(19)6-10/h1-2,5-6,8-9,13-14,22H,3-4H2. The van der Waals surface area contributed by atoms with Gasteiger partial charge in [-0.25, -0.2) is 13.2 Å². The number of hydrogen-bond acceptors (Lipinski definition) is 3. The summed E-state index contributed by atoms with van der Waals surface area (Å²) in [5.41, 5.74) is 0.689. The lowest BCUT2D eigenvalue weighted by atomic mass is 9.81. The third-order valence-corrected chi connectivity index (χ3v) is 3.44. The highest BCUT2D eigenvalue weighted by Crippen LogP contribution is 2.35. The maximum atomic E-state index is 13.4. The van der Waals surface area contributed by atoms with Crippen molar-refractivity contribution in [3.8, 4) is 6.07 Å². The van der Waals surface area contributed by atoms with Crippen LogP contribution in [-0.2, 0) is 0 Å². The van der Waals surface area contributed by atoms with E-state index in [1.165, 1.54) is 18.3 Å². The van der Waals surface area contributed by atoms with Crippen molar-refractivity contribution in [2.75, 3.05) is 6.61 Å². The number of aliphatic hydroxyl groups is 1. The molecule has 0 aliphatic heterocycles. The molecule has 0 aliphatic carbocycles. The average Bonchev–Trinajstić information content (AvgIpc) is 2.50. The maximum Gasteiger partial charge on any atom is 0.159 e. The lowest BCUT2D eigenvalue weighted by Gasteiger charge is -2.22. The third kappa shape index (κ3) is 3.43. The number of pyridine rings is 1. The summed E-state index contributed by atoms with van der Waals surface area (Å²) in [6, 6.07) is 6.43. The Bertz CT molecular complexity index is 700. The van der Waals surface area contributed by atoms with E-state index in [-0.39, 0.29) is 18.6 Å². The van der Waals surface area contributed by atoms with Gasteiger partial charge in [-0.3, -0.25) is 4.98 Å². The van der Waals surface area contributed by atoms with Crippen molar-refractivity contribution in [3.05, 3.63) is 65.2 Å². The first kappa shape index (κ1) is 16.0. The maximum absolute atomic E-state index is 13.4. The van der Waals surface area contributed by atoms with Gasteiger partial charge < -0.3 is 5.11 Å². The predicted octanol–water partition coefficient (Wildman–Crippen LogP) is 3.27. The number of nitriles is 1. The predicted molar refractivity (Wildman–Crippen MR) is 73.4 cm³/mol. The summed E-state index contributed by atoms with van der Waals surface area (Å²) >= 11 is 0. The lowest BCUT2D eigenvalue weighted by molar-refractivity contribution is 0.271. The molecule has 2 unspecified atom stereocenters. The number of hydrogen-bond donors (Lipinski definition) is 1. The monoisotopic (exact) mass is 306 g/mol. The van der Waals surface area contributed by atoms with Crippen LogP contribution in [0, 0.1) is 28.8 Å².